The number of carbonyl (C=O) groups is 1. The van der Waals surface area contributed by atoms with E-state index in [2.05, 4.69) is 4.74 Å². The van der Waals surface area contributed by atoms with Gasteiger partial charge in [-0.05, 0) is 25.2 Å². The molecule has 2 aliphatic carbocycles. The molecular formula is C12H15F3O3. The molecule has 1 heterocycles. The maximum atomic E-state index is 12.5. The Balaban J connectivity index is 1.62. The topological polar surface area (TPSA) is 38.8 Å². The lowest BCUT2D eigenvalue weighted by Crippen LogP contribution is -2.37. The summed E-state index contributed by atoms with van der Waals surface area (Å²) in [7, 11) is 0. The first kappa shape index (κ1) is 12.3. The minimum atomic E-state index is -4.47. The van der Waals surface area contributed by atoms with E-state index in [0.29, 0.717) is 12.3 Å². The molecule has 0 spiro atoms. The number of esters is 1. The zero-order valence-corrected chi connectivity index (χ0v) is 9.94. The summed E-state index contributed by atoms with van der Waals surface area (Å²) in [4.78, 5) is 11.8. The molecule has 0 radical (unpaired) electrons. The first-order valence-electron chi connectivity index (χ1n) is 6.34. The molecule has 6 heteroatoms. The van der Waals surface area contributed by atoms with Crippen LogP contribution in [0.4, 0.5) is 13.2 Å². The number of alkyl halides is 3. The van der Waals surface area contributed by atoms with Gasteiger partial charge in [-0.1, -0.05) is 6.92 Å². The van der Waals surface area contributed by atoms with Crippen LogP contribution >= 0.6 is 0 Å². The quantitative estimate of drug-likeness (QED) is 0.580. The highest BCUT2D eigenvalue weighted by Crippen LogP contribution is 2.59. The number of rotatable bonds is 3. The van der Waals surface area contributed by atoms with Gasteiger partial charge in [0.2, 0.25) is 0 Å². The van der Waals surface area contributed by atoms with Crippen molar-refractivity contribution in [2.75, 3.05) is 0 Å². The summed E-state index contributed by atoms with van der Waals surface area (Å²) in [5.74, 6) is -0.655. The highest BCUT2D eigenvalue weighted by Gasteiger charge is 2.65. The zero-order valence-electron chi connectivity index (χ0n) is 9.94. The highest BCUT2D eigenvalue weighted by atomic mass is 19.4. The maximum absolute atomic E-state index is 12.5. The number of ether oxygens (including phenoxy) is 2. The molecule has 0 aromatic rings. The summed E-state index contributed by atoms with van der Waals surface area (Å²) in [6.07, 6.45) is -4.79. The highest BCUT2D eigenvalue weighted by molar-refractivity contribution is 5.74. The minimum absolute atomic E-state index is 0.0817. The van der Waals surface area contributed by atoms with E-state index in [1.165, 1.54) is 6.92 Å². The Kier molecular flexibility index (Phi) is 2.63. The molecule has 1 saturated heterocycles. The predicted molar refractivity (Wildman–Crippen MR) is 54.6 cm³/mol. The van der Waals surface area contributed by atoms with E-state index >= 15 is 0 Å². The van der Waals surface area contributed by atoms with Crippen molar-refractivity contribution in [1.29, 1.82) is 0 Å². The molecule has 3 rings (SSSR count). The van der Waals surface area contributed by atoms with Gasteiger partial charge in [-0.25, -0.2) is 0 Å². The smallest absolute Gasteiger partial charge is 0.425 e. The van der Waals surface area contributed by atoms with Crippen molar-refractivity contribution >= 4 is 5.97 Å². The SMILES string of the molecule is CCC(OC(=O)C1CC2CC1[C@H]1OC21)C(F)(F)F. The van der Waals surface area contributed by atoms with Crippen LogP contribution in [0.3, 0.4) is 0 Å². The van der Waals surface area contributed by atoms with Crippen LogP contribution in [0.1, 0.15) is 26.2 Å². The van der Waals surface area contributed by atoms with Gasteiger partial charge in [0, 0.05) is 5.92 Å². The lowest BCUT2D eigenvalue weighted by atomic mass is 9.89. The van der Waals surface area contributed by atoms with Gasteiger partial charge in [-0.3, -0.25) is 4.79 Å². The van der Waals surface area contributed by atoms with Crippen molar-refractivity contribution in [3.05, 3.63) is 0 Å². The van der Waals surface area contributed by atoms with E-state index in [1.807, 2.05) is 0 Å². The Labute approximate surface area is 103 Å². The van der Waals surface area contributed by atoms with Gasteiger partial charge in [0.1, 0.15) is 0 Å². The maximum Gasteiger partial charge on any atom is 0.425 e. The fourth-order valence-electron chi connectivity index (χ4n) is 3.48. The van der Waals surface area contributed by atoms with Crippen LogP contribution in [0.5, 0.6) is 0 Å². The third-order valence-corrected chi connectivity index (χ3v) is 4.39. The molecule has 0 aromatic carbocycles. The number of fused-ring (bicyclic) bond motifs is 5. The molecule has 3 aliphatic rings. The van der Waals surface area contributed by atoms with Gasteiger partial charge < -0.3 is 9.47 Å². The molecule has 2 saturated carbocycles. The normalized spacial score (nSPS) is 42.6. The van der Waals surface area contributed by atoms with Crippen molar-refractivity contribution in [3.8, 4) is 0 Å². The summed E-state index contributed by atoms with van der Waals surface area (Å²) in [5, 5.41) is 0. The van der Waals surface area contributed by atoms with E-state index in [9.17, 15) is 18.0 Å². The van der Waals surface area contributed by atoms with Crippen molar-refractivity contribution in [2.45, 2.75) is 50.7 Å². The average molecular weight is 264 g/mol. The molecule has 3 nitrogen and oxygen atoms in total. The van der Waals surface area contributed by atoms with E-state index < -0.39 is 24.2 Å². The van der Waals surface area contributed by atoms with Crippen LogP contribution < -0.4 is 0 Å². The number of carbonyl (C=O) groups excluding carboxylic acids is 1. The lowest BCUT2D eigenvalue weighted by Gasteiger charge is -2.23. The van der Waals surface area contributed by atoms with Gasteiger partial charge in [-0.15, -0.1) is 0 Å². The Morgan fingerprint density at radius 3 is 2.61 bits per heavy atom. The van der Waals surface area contributed by atoms with Gasteiger partial charge >= 0.3 is 12.1 Å². The van der Waals surface area contributed by atoms with Gasteiger partial charge in [-0.2, -0.15) is 13.2 Å². The van der Waals surface area contributed by atoms with Crippen molar-refractivity contribution in [2.24, 2.45) is 17.8 Å². The molecule has 0 amide bonds. The number of halogens is 3. The Hall–Kier alpha value is -0.780. The number of hydrogen-bond acceptors (Lipinski definition) is 3. The van der Waals surface area contributed by atoms with E-state index in [0.717, 1.165) is 6.42 Å². The van der Waals surface area contributed by atoms with Crippen molar-refractivity contribution < 1.29 is 27.4 Å². The lowest BCUT2D eigenvalue weighted by molar-refractivity contribution is -0.224. The van der Waals surface area contributed by atoms with Crippen LogP contribution in [0.2, 0.25) is 0 Å². The van der Waals surface area contributed by atoms with E-state index in [1.54, 1.807) is 0 Å². The summed E-state index contributed by atoms with van der Waals surface area (Å²) in [6.45, 7) is 1.37. The second-order valence-electron chi connectivity index (χ2n) is 5.44. The van der Waals surface area contributed by atoms with Gasteiger partial charge in [0.05, 0.1) is 18.1 Å². The minimum Gasteiger partial charge on any atom is -0.452 e. The Morgan fingerprint density at radius 1 is 1.39 bits per heavy atom. The third kappa shape index (κ3) is 1.81. The summed E-state index contributed by atoms with van der Waals surface area (Å²) < 4.78 is 47.7. The molecule has 1 aliphatic heterocycles. The standard InChI is InChI=1S/C12H15F3O3/c1-2-8(12(13,14)15)17-11(16)7-4-5-3-6(7)10-9(5)18-10/h5-10H,2-4H2,1H3/t5?,6?,7?,8?,9?,10-/m1/s1. The molecule has 6 atom stereocenters. The molecule has 0 aromatic heterocycles. The van der Waals surface area contributed by atoms with Crippen LogP contribution in [0.25, 0.3) is 0 Å². The summed E-state index contributed by atoms with van der Waals surface area (Å²) in [6, 6.07) is 0. The van der Waals surface area contributed by atoms with Gasteiger partial charge in [0.25, 0.3) is 0 Å². The van der Waals surface area contributed by atoms with Gasteiger partial charge in [0.15, 0.2) is 6.10 Å². The fourth-order valence-corrected chi connectivity index (χ4v) is 3.48. The summed E-state index contributed by atoms with van der Waals surface area (Å²) in [5.41, 5.74) is 0. The van der Waals surface area contributed by atoms with Crippen LogP contribution in [0, 0.1) is 17.8 Å². The number of epoxide rings is 1. The fraction of sp³-hybridized carbons (Fsp3) is 0.917. The number of hydrogen-bond donors (Lipinski definition) is 0. The largest absolute Gasteiger partial charge is 0.452 e. The average Bonchev–Trinajstić information content (AvgIpc) is 2.89. The zero-order chi connectivity index (χ0) is 13.1. The van der Waals surface area contributed by atoms with Crippen LogP contribution in [-0.2, 0) is 14.3 Å². The Morgan fingerprint density at radius 2 is 2.11 bits per heavy atom. The van der Waals surface area contributed by atoms with E-state index in [-0.39, 0.29) is 24.5 Å². The van der Waals surface area contributed by atoms with E-state index in [4.69, 9.17) is 4.74 Å². The predicted octanol–water partition coefficient (Wildman–Crippen LogP) is 2.29. The molecule has 5 unspecified atom stereocenters. The molecule has 3 fully saturated rings. The van der Waals surface area contributed by atoms with Crippen molar-refractivity contribution in [3.63, 3.8) is 0 Å². The molecule has 2 bridgehead atoms. The second kappa shape index (κ2) is 3.85. The second-order valence-corrected chi connectivity index (χ2v) is 5.44. The first-order chi connectivity index (χ1) is 8.41. The molecule has 102 valence electrons. The Bertz CT molecular complexity index is 368. The molecule has 0 N–H and O–H groups in total. The first-order valence-corrected chi connectivity index (χ1v) is 6.34. The third-order valence-electron chi connectivity index (χ3n) is 4.39. The van der Waals surface area contributed by atoms with Crippen LogP contribution in [-0.4, -0.2) is 30.5 Å². The monoisotopic (exact) mass is 264 g/mol. The summed E-state index contributed by atoms with van der Waals surface area (Å²) >= 11 is 0. The molecule has 18 heavy (non-hydrogen) atoms. The van der Waals surface area contributed by atoms with Crippen molar-refractivity contribution in [1.82, 2.24) is 0 Å². The molecular weight excluding hydrogens is 249 g/mol. The van der Waals surface area contributed by atoms with Crippen LogP contribution in [0.15, 0.2) is 0 Å².